The highest BCUT2D eigenvalue weighted by molar-refractivity contribution is 5.71. The number of rotatable bonds is 5. The molecule has 1 unspecified atom stereocenters. The van der Waals surface area contributed by atoms with Gasteiger partial charge in [-0.15, -0.1) is 0 Å². The van der Waals surface area contributed by atoms with Crippen molar-refractivity contribution < 1.29 is 9.53 Å². The number of esters is 1. The van der Waals surface area contributed by atoms with Crippen LogP contribution in [0.25, 0.3) is 11.1 Å². The van der Waals surface area contributed by atoms with E-state index in [1.807, 2.05) is 24.4 Å². The van der Waals surface area contributed by atoms with Gasteiger partial charge in [-0.3, -0.25) is 9.78 Å². The van der Waals surface area contributed by atoms with Gasteiger partial charge in [0.1, 0.15) is 0 Å². The lowest BCUT2D eigenvalue weighted by Gasteiger charge is -2.23. The topological polar surface area (TPSA) is 65.2 Å². The fraction of sp³-hybridized carbons (Fsp3) is 0.400. The minimum absolute atomic E-state index is 0.0172. The molecule has 0 aliphatic rings. The van der Waals surface area contributed by atoms with Gasteiger partial charge < -0.3 is 10.5 Å². The smallest absolute Gasteiger partial charge is 0.307 e. The first kappa shape index (κ1) is 18.1. The molecule has 0 bridgehead atoms. The van der Waals surface area contributed by atoms with Gasteiger partial charge >= 0.3 is 5.97 Å². The average Bonchev–Trinajstić information content (AvgIpc) is 2.54. The normalized spacial score (nSPS) is 12.7. The molecular weight excluding hydrogens is 300 g/mol. The molecule has 128 valence electrons. The van der Waals surface area contributed by atoms with Crippen molar-refractivity contribution in [2.24, 2.45) is 5.73 Å². The maximum absolute atomic E-state index is 11.8. The Morgan fingerprint density at radius 2 is 2.00 bits per heavy atom. The van der Waals surface area contributed by atoms with E-state index in [2.05, 4.69) is 37.9 Å². The predicted octanol–water partition coefficient (Wildman–Crippen LogP) is 4.00. The van der Waals surface area contributed by atoms with Gasteiger partial charge in [-0.25, -0.2) is 0 Å². The molecule has 4 nitrogen and oxygen atoms in total. The van der Waals surface area contributed by atoms with E-state index >= 15 is 0 Å². The highest BCUT2D eigenvalue weighted by Gasteiger charge is 2.19. The third-order valence-corrected chi connectivity index (χ3v) is 3.94. The maximum Gasteiger partial charge on any atom is 0.307 e. The van der Waals surface area contributed by atoms with E-state index in [1.54, 1.807) is 13.1 Å². The zero-order valence-corrected chi connectivity index (χ0v) is 14.9. The van der Waals surface area contributed by atoms with Crippen LogP contribution in [0.1, 0.15) is 51.3 Å². The second-order valence-corrected chi connectivity index (χ2v) is 6.95. The Morgan fingerprint density at radius 1 is 1.25 bits per heavy atom. The monoisotopic (exact) mass is 326 g/mol. The Balaban J connectivity index is 2.42. The first-order chi connectivity index (χ1) is 11.3. The summed E-state index contributed by atoms with van der Waals surface area (Å²) in [5.41, 5.74) is 10.5. The van der Waals surface area contributed by atoms with Crippen molar-refractivity contribution in [2.45, 2.75) is 45.6 Å². The summed E-state index contributed by atoms with van der Waals surface area (Å²) < 4.78 is 5.02. The van der Waals surface area contributed by atoms with Crippen LogP contribution in [0.2, 0.25) is 0 Å². The lowest BCUT2D eigenvalue weighted by molar-refractivity contribution is -0.143. The molecule has 2 N–H and O–H groups in total. The van der Waals surface area contributed by atoms with E-state index in [-0.39, 0.29) is 23.8 Å². The van der Waals surface area contributed by atoms with Crippen LogP contribution in [-0.4, -0.2) is 17.6 Å². The molecule has 1 heterocycles. The first-order valence-corrected chi connectivity index (χ1v) is 8.28. The van der Waals surface area contributed by atoms with Crippen molar-refractivity contribution in [1.29, 1.82) is 0 Å². The average molecular weight is 326 g/mol. The molecular formula is C20H26N2O2. The van der Waals surface area contributed by atoms with E-state index in [1.165, 1.54) is 5.56 Å². The van der Waals surface area contributed by atoms with Crippen LogP contribution in [-0.2, 0) is 14.9 Å². The fourth-order valence-electron chi connectivity index (χ4n) is 2.52. The second kappa shape index (κ2) is 7.58. The number of hydrogen-bond acceptors (Lipinski definition) is 4. The molecule has 24 heavy (non-hydrogen) atoms. The summed E-state index contributed by atoms with van der Waals surface area (Å²) in [4.78, 5) is 15.9. The highest BCUT2D eigenvalue weighted by Crippen LogP contribution is 2.31. The molecule has 0 radical (unpaired) electrons. The van der Waals surface area contributed by atoms with E-state index in [0.717, 1.165) is 16.7 Å². The molecule has 0 aliphatic carbocycles. The maximum atomic E-state index is 11.8. The van der Waals surface area contributed by atoms with Gasteiger partial charge in [0.25, 0.3) is 0 Å². The number of nitrogens with zero attached hydrogens (tertiary/aromatic N) is 1. The summed E-state index contributed by atoms with van der Waals surface area (Å²) >= 11 is 0. The Kier molecular flexibility index (Phi) is 5.73. The summed E-state index contributed by atoms with van der Waals surface area (Å²) in [6.07, 6.45) is 3.76. The molecule has 0 aliphatic heterocycles. The zero-order chi connectivity index (χ0) is 17.7. The molecule has 2 rings (SSSR count). The molecule has 0 saturated carbocycles. The van der Waals surface area contributed by atoms with Gasteiger partial charge in [-0.1, -0.05) is 39.0 Å². The van der Waals surface area contributed by atoms with Crippen molar-refractivity contribution in [3.63, 3.8) is 0 Å². The van der Waals surface area contributed by atoms with Gasteiger partial charge in [-0.05, 0) is 41.2 Å². The number of carbonyl (C=O) groups is 1. The Morgan fingerprint density at radius 3 is 2.58 bits per heavy atom. The van der Waals surface area contributed by atoms with Crippen molar-refractivity contribution >= 4 is 5.97 Å². The quantitative estimate of drug-likeness (QED) is 0.844. The number of nitrogens with two attached hydrogens (primary N) is 1. The van der Waals surface area contributed by atoms with Gasteiger partial charge in [0, 0.05) is 24.0 Å². The third kappa shape index (κ3) is 4.65. The number of benzene rings is 1. The summed E-state index contributed by atoms with van der Waals surface area (Å²) in [6.45, 7) is 8.65. The van der Waals surface area contributed by atoms with Crippen LogP contribution < -0.4 is 5.73 Å². The van der Waals surface area contributed by atoms with Crippen LogP contribution in [0, 0.1) is 0 Å². The SMILES string of the molecule is CCOC(=O)CC(N)c1cc(-c2cccnc2)cc(C(C)(C)C)c1. The summed E-state index contributed by atoms with van der Waals surface area (Å²) in [7, 11) is 0. The molecule has 0 saturated heterocycles. The number of carbonyl (C=O) groups excluding carboxylic acids is 1. The minimum atomic E-state index is -0.387. The number of ether oxygens (including phenoxy) is 1. The van der Waals surface area contributed by atoms with Crippen molar-refractivity contribution in [3.8, 4) is 11.1 Å². The van der Waals surface area contributed by atoms with Crippen molar-refractivity contribution in [3.05, 3.63) is 53.9 Å². The predicted molar refractivity (Wildman–Crippen MR) is 96.6 cm³/mol. The second-order valence-electron chi connectivity index (χ2n) is 6.95. The highest BCUT2D eigenvalue weighted by atomic mass is 16.5. The summed E-state index contributed by atoms with van der Waals surface area (Å²) in [5, 5.41) is 0. The standard InChI is InChI=1S/C20H26N2O2/c1-5-24-19(23)12-18(21)16-9-15(14-7-6-8-22-13-14)10-17(11-16)20(2,3)4/h6-11,13,18H,5,12,21H2,1-4H3. The van der Waals surface area contributed by atoms with Crippen LogP contribution in [0.15, 0.2) is 42.7 Å². The molecule has 0 spiro atoms. The van der Waals surface area contributed by atoms with Crippen molar-refractivity contribution in [2.75, 3.05) is 6.61 Å². The minimum Gasteiger partial charge on any atom is -0.466 e. The molecule has 4 heteroatoms. The van der Waals surface area contributed by atoms with Gasteiger partial charge in [0.15, 0.2) is 0 Å². The van der Waals surface area contributed by atoms with E-state index in [4.69, 9.17) is 10.5 Å². The molecule has 0 fully saturated rings. The van der Waals surface area contributed by atoms with Crippen LogP contribution in [0.4, 0.5) is 0 Å². The van der Waals surface area contributed by atoms with Gasteiger partial charge in [-0.2, -0.15) is 0 Å². The fourth-order valence-corrected chi connectivity index (χ4v) is 2.52. The Bertz CT molecular complexity index is 691. The van der Waals surface area contributed by atoms with E-state index < -0.39 is 0 Å². The lowest BCUT2D eigenvalue weighted by atomic mass is 9.83. The molecule has 1 atom stereocenters. The summed E-state index contributed by atoms with van der Waals surface area (Å²) in [5.74, 6) is -0.269. The lowest BCUT2D eigenvalue weighted by Crippen LogP contribution is -2.19. The third-order valence-electron chi connectivity index (χ3n) is 3.94. The molecule has 1 aromatic heterocycles. The van der Waals surface area contributed by atoms with Crippen LogP contribution in [0.3, 0.4) is 0 Å². The molecule has 0 amide bonds. The largest absolute Gasteiger partial charge is 0.466 e. The number of pyridine rings is 1. The number of aromatic nitrogens is 1. The van der Waals surface area contributed by atoms with Crippen molar-refractivity contribution in [1.82, 2.24) is 4.98 Å². The van der Waals surface area contributed by atoms with E-state index in [0.29, 0.717) is 6.61 Å². The zero-order valence-electron chi connectivity index (χ0n) is 14.9. The number of hydrogen-bond donors (Lipinski definition) is 1. The molecule has 1 aromatic carbocycles. The van der Waals surface area contributed by atoms with Crippen LogP contribution in [0.5, 0.6) is 0 Å². The van der Waals surface area contributed by atoms with Gasteiger partial charge in [0.05, 0.1) is 13.0 Å². The van der Waals surface area contributed by atoms with Crippen LogP contribution >= 0.6 is 0 Å². The molecule has 2 aromatic rings. The summed E-state index contributed by atoms with van der Waals surface area (Å²) in [6, 6.07) is 9.84. The van der Waals surface area contributed by atoms with E-state index in [9.17, 15) is 4.79 Å². The Labute approximate surface area is 144 Å². The Hall–Kier alpha value is -2.20. The van der Waals surface area contributed by atoms with Gasteiger partial charge in [0.2, 0.25) is 0 Å². The first-order valence-electron chi connectivity index (χ1n) is 8.28.